The molecule has 0 heterocycles. The van der Waals surface area contributed by atoms with E-state index in [1.54, 1.807) is 22.3 Å². The average molecular weight is 379 g/mol. The van der Waals surface area contributed by atoms with Gasteiger partial charge in [0.2, 0.25) is 0 Å². The molecule has 0 nitrogen and oxygen atoms in total. The Labute approximate surface area is 147 Å². The van der Waals surface area contributed by atoms with Crippen molar-refractivity contribution in [2.24, 2.45) is 0 Å². The summed E-state index contributed by atoms with van der Waals surface area (Å²) in [4.78, 5) is 0. The molecular formula is C22H23Zr. The Hall–Kier alpha value is -1.20. The van der Waals surface area contributed by atoms with Crippen LogP contribution < -0.4 is 0 Å². The predicted molar refractivity (Wildman–Crippen MR) is 96.1 cm³/mol. The molecule has 0 spiro atoms. The molecule has 2 aliphatic rings. The second-order valence-electron chi connectivity index (χ2n) is 6.83. The summed E-state index contributed by atoms with van der Waals surface area (Å²) in [6, 6.07) is 18.1. The Balaban J connectivity index is 1.79. The van der Waals surface area contributed by atoms with Gasteiger partial charge in [-0.2, -0.15) is 0 Å². The third-order valence-corrected chi connectivity index (χ3v) is 14.9. The predicted octanol–water partition coefficient (Wildman–Crippen LogP) is 6.36. The van der Waals surface area contributed by atoms with Gasteiger partial charge in [-0.1, -0.05) is 0 Å². The number of benzene rings is 2. The van der Waals surface area contributed by atoms with E-state index < -0.39 is 21.8 Å². The van der Waals surface area contributed by atoms with Crippen LogP contribution in [0.15, 0.2) is 59.7 Å². The normalized spacial score (nSPS) is 21.5. The van der Waals surface area contributed by atoms with E-state index in [1.165, 1.54) is 15.3 Å². The van der Waals surface area contributed by atoms with E-state index in [-0.39, 0.29) is 0 Å². The summed E-state index contributed by atoms with van der Waals surface area (Å²) >= 11 is -1.74. The Morgan fingerprint density at radius 2 is 1.17 bits per heavy atom. The average Bonchev–Trinajstić information content (AvgIpc) is 3.06. The van der Waals surface area contributed by atoms with E-state index in [4.69, 9.17) is 0 Å². The molecule has 2 atom stereocenters. The van der Waals surface area contributed by atoms with Gasteiger partial charge in [0.25, 0.3) is 0 Å². The zero-order valence-corrected chi connectivity index (χ0v) is 16.6. The van der Waals surface area contributed by atoms with Gasteiger partial charge < -0.3 is 0 Å². The van der Waals surface area contributed by atoms with Gasteiger partial charge in [-0.25, -0.2) is 0 Å². The first-order valence-corrected chi connectivity index (χ1v) is 13.2. The number of fused-ring (bicyclic) bond motifs is 2. The molecule has 2 aliphatic carbocycles. The van der Waals surface area contributed by atoms with Gasteiger partial charge in [0, 0.05) is 0 Å². The second kappa shape index (κ2) is 6.02. The maximum absolute atomic E-state index is 2.44. The van der Waals surface area contributed by atoms with Crippen molar-refractivity contribution in [3.8, 4) is 0 Å². The molecule has 0 bridgehead atoms. The standard InChI is InChI=1S/2C10H9.C2H5.Zr/c2*1-8-6-9-4-2-3-5-10(9)7-8;1-2;/h2*2-7H,1H3;1H2,2H3;. The molecule has 0 saturated heterocycles. The van der Waals surface area contributed by atoms with Crippen molar-refractivity contribution >= 4 is 12.2 Å². The van der Waals surface area contributed by atoms with E-state index in [0.29, 0.717) is 0 Å². The summed E-state index contributed by atoms with van der Waals surface area (Å²) in [5.74, 6) is 0. The summed E-state index contributed by atoms with van der Waals surface area (Å²) in [5.41, 5.74) is 9.38. The summed E-state index contributed by atoms with van der Waals surface area (Å²) in [6.07, 6.45) is 4.88. The van der Waals surface area contributed by atoms with Gasteiger partial charge in [-0.15, -0.1) is 0 Å². The van der Waals surface area contributed by atoms with Crippen molar-refractivity contribution in [1.29, 1.82) is 0 Å². The number of rotatable bonds is 3. The Morgan fingerprint density at radius 3 is 1.61 bits per heavy atom. The fourth-order valence-corrected chi connectivity index (χ4v) is 13.9. The minimum atomic E-state index is -1.74. The first kappa shape index (κ1) is 15.3. The van der Waals surface area contributed by atoms with Crippen LogP contribution in [0.1, 0.15) is 50.3 Å². The van der Waals surface area contributed by atoms with Crippen LogP contribution in [-0.2, 0) is 21.8 Å². The fourth-order valence-electron chi connectivity index (χ4n) is 4.52. The Morgan fingerprint density at radius 1 is 0.739 bits per heavy atom. The van der Waals surface area contributed by atoms with Gasteiger partial charge >= 0.3 is 148 Å². The molecule has 23 heavy (non-hydrogen) atoms. The van der Waals surface area contributed by atoms with Crippen LogP contribution in [-0.4, -0.2) is 0 Å². The first-order valence-electron chi connectivity index (χ1n) is 8.60. The van der Waals surface area contributed by atoms with Crippen LogP contribution in [0.25, 0.3) is 12.2 Å². The van der Waals surface area contributed by atoms with Crippen molar-refractivity contribution in [2.45, 2.75) is 32.2 Å². The molecular weight excluding hydrogens is 355 g/mol. The second-order valence-corrected chi connectivity index (χ2v) is 14.2. The van der Waals surface area contributed by atoms with Gasteiger partial charge in [0.15, 0.2) is 0 Å². The molecule has 0 fully saturated rings. The zero-order chi connectivity index (χ0) is 16.0. The van der Waals surface area contributed by atoms with Crippen LogP contribution in [0.4, 0.5) is 0 Å². The fraction of sp³-hybridized carbons (Fsp3) is 0.273. The van der Waals surface area contributed by atoms with Gasteiger partial charge in [-0.3, -0.25) is 0 Å². The molecule has 0 aliphatic heterocycles. The molecule has 0 radical (unpaired) electrons. The van der Waals surface area contributed by atoms with Crippen LogP contribution >= 0.6 is 0 Å². The topological polar surface area (TPSA) is 0 Å². The third kappa shape index (κ3) is 2.45. The molecule has 4 rings (SSSR count). The van der Waals surface area contributed by atoms with E-state index in [0.717, 1.165) is 7.25 Å². The van der Waals surface area contributed by atoms with Crippen LogP contribution in [0.2, 0.25) is 4.13 Å². The number of hydrogen-bond donors (Lipinski definition) is 0. The van der Waals surface area contributed by atoms with E-state index in [1.807, 2.05) is 0 Å². The van der Waals surface area contributed by atoms with E-state index in [9.17, 15) is 0 Å². The van der Waals surface area contributed by atoms with Crippen molar-refractivity contribution in [3.63, 3.8) is 0 Å². The van der Waals surface area contributed by atoms with E-state index in [2.05, 4.69) is 81.5 Å². The van der Waals surface area contributed by atoms with Gasteiger partial charge in [0.05, 0.1) is 0 Å². The van der Waals surface area contributed by atoms with E-state index >= 15 is 0 Å². The summed E-state index contributed by atoms with van der Waals surface area (Å²) in [7, 11) is 0. The molecule has 0 saturated carbocycles. The summed E-state index contributed by atoms with van der Waals surface area (Å²) in [5, 5.41) is 0. The van der Waals surface area contributed by atoms with Crippen molar-refractivity contribution in [2.75, 3.05) is 0 Å². The Kier molecular flexibility index (Phi) is 4.02. The Bertz CT molecular complexity index is 745. The SMILES string of the molecule is C[CH2][Zr]([CH]1C(C)=Cc2ccccc21)[CH]1C(C)=Cc2ccccc21. The molecule has 2 aromatic rings. The maximum atomic E-state index is 2.44. The summed E-state index contributed by atoms with van der Waals surface area (Å²) < 4.78 is 2.90. The van der Waals surface area contributed by atoms with Crippen molar-refractivity contribution < 1.29 is 21.8 Å². The zero-order valence-electron chi connectivity index (χ0n) is 14.1. The monoisotopic (exact) mass is 377 g/mol. The molecule has 0 amide bonds. The van der Waals surface area contributed by atoms with Gasteiger partial charge in [-0.05, 0) is 0 Å². The first-order chi connectivity index (χ1) is 11.2. The quantitative estimate of drug-likeness (QED) is 0.583. The van der Waals surface area contributed by atoms with Crippen molar-refractivity contribution in [1.82, 2.24) is 0 Å². The number of allylic oxidation sites excluding steroid dienone is 2. The summed E-state index contributed by atoms with van der Waals surface area (Å²) in [6.45, 7) is 7.17. The molecule has 2 unspecified atom stereocenters. The molecule has 2 aromatic carbocycles. The van der Waals surface area contributed by atoms with Crippen molar-refractivity contribution in [3.05, 3.63) is 81.9 Å². The van der Waals surface area contributed by atoms with Gasteiger partial charge in [0.1, 0.15) is 0 Å². The third-order valence-electron chi connectivity index (χ3n) is 5.44. The molecule has 115 valence electrons. The molecule has 0 aromatic heterocycles. The van der Waals surface area contributed by atoms with Crippen LogP contribution in [0.3, 0.4) is 0 Å². The minimum absolute atomic E-state index is 0.748. The van der Waals surface area contributed by atoms with Crippen LogP contribution in [0, 0.1) is 0 Å². The number of hydrogen-bond acceptors (Lipinski definition) is 0. The molecule has 1 heteroatoms. The molecule has 0 N–H and O–H groups in total. The van der Waals surface area contributed by atoms with Crippen LogP contribution in [0.5, 0.6) is 0 Å².